The SMILES string of the molecule is O=C(Cc1ccccc1)NCCCCCCCl. The summed E-state index contributed by atoms with van der Waals surface area (Å²) < 4.78 is 0. The van der Waals surface area contributed by atoms with Gasteiger partial charge in [-0.1, -0.05) is 43.2 Å². The van der Waals surface area contributed by atoms with E-state index in [1.807, 2.05) is 30.3 Å². The zero-order valence-corrected chi connectivity index (χ0v) is 10.9. The maximum Gasteiger partial charge on any atom is 0.224 e. The summed E-state index contributed by atoms with van der Waals surface area (Å²) in [5, 5.41) is 2.94. The molecule has 1 amide bonds. The second-order valence-electron chi connectivity index (χ2n) is 4.12. The number of hydrogen-bond acceptors (Lipinski definition) is 1. The molecule has 0 unspecified atom stereocenters. The summed E-state index contributed by atoms with van der Waals surface area (Å²) in [5.74, 6) is 0.842. The third-order valence-electron chi connectivity index (χ3n) is 2.59. The van der Waals surface area contributed by atoms with Gasteiger partial charge in [-0.25, -0.2) is 0 Å². The molecule has 0 aromatic heterocycles. The van der Waals surface area contributed by atoms with Gasteiger partial charge in [-0.05, 0) is 18.4 Å². The Morgan fingerprint density at radius 3 is 2.47 bits per heavy atom. The van der Waals surface area contributed by atoms with Crippen LogP contribution in [0.25, 0.3) is 0 Å². The summed E-state index contributed by atoms with van der Waals surface area (Å²) in [6, 6.07) is 9.81. The van der Waals surface area contributed by atoms with E-state index in [2.05, 4.69) is 5.32 Å². The standard InChI is InChI=1S/C14H20ClNO/c15-10-6-1-2-7-11-16-14(17)12-13-8-4-3-5-9-13/h3-5,8-9H,1-2,6-7,10-12H2,(H,16,17). The molecule has 1 N–H and O–H groups in total. The first-order valence-electron chi connectivity index (χ1n) is 6.19. The fourth-order valence-electron chi connectivity index (χ4n) is 1.64. The summed E-state index contributed by atoms with van der Waals surface area (Å²) in [5.41, 5.74) is 1.06. The largest absolute Gasteiger partial charge is 0.356 e. The quantitative estimate of drug-likeness (QED) is 0.560. The lowest BCUT2D eigenvalue weighted by Gasteiger charge is -2.05. The van der Waals surface area contributed by atoms with E-state index < -0.39 is 0 Å². The molecule has 1 aromatic carbocycles. The fourth-order valence-corrected chi connectivity index (χ4v) is 1.83. The zero-order valence-electron chi connectivity index (χ0n) is 10.1. The van der Waals surface area contributed by atoms with E-state index in [4.69, 9.17) is 11.6 Å². The van der Waals surface area contributed by atoms with Crippen LogP contribution < -0.4 is 5.32 Å². The van der Waals surface area contributed by atoms with Crippen LogP contribution in [-0.2, 0) is 11.2 Å². The number of amides is 1. The Labute approximate surface area is 108 Å². The van der Waals surface area contributed by atoms with Crippen LogP contribution in [0.2, 0.25) is 0 Å². The Bertz CT molecular complexity index is 313. The number of alkyl halides is 1. The number of rotatable bonds is 8. The normalized spacial score (nSPS) is 10.2. The van der Waals surface area contributed by atoms with E-state index in [1.165, 1.54) is 0 Å². The average Bonchev–Trinajstić information content (AvgIpc) is 2.35. The number of unbranched alkanes of at least 4 members (excludes halogenated alkanes) is 3. The van der Waals surface area contributed by atoms with E-state index in [0.29, 0.717) is 6.42 Å². The van der Waals surface area contributed by atoms with Gasteiger partial charge in [-0.3, -0.25) is 4.79 Å². The molecule has 0 spiro atoms. The minimum Gasteiger partial charge on any atom is -0.356 e. The predicted molar refractivity (Wildman–Crippen MR) is 72.3 cm³/mol. The van der Waals surface area contributed by atoms with Gasteiger partial charge in [-0.15, -0.1) is 11.6 Å². The Balaban J connectivity index is 2.06. The van der Waals surface area contributed by atoms with Gasteiger partial charge in [0.1, 0.15) is 0 Å². The first kappa shape index (κ1) is 14.0. The van der Waals surface area contributed by atoms with Crippen molar-refractivity contribution in [2.75, 3.05) is 12.4 Å². The number of halogens is 1. The van der Waals surface area contributed by atoms with Gasteiger partial charge in [0.05, 0.1) is 6.42 Å². The number of hydrogen-bond donors (Lipinski definition) is 1. The van der Waals surface area contributed by atoms with Crippen molar-refractivity contribution in [1.29, 1.82) is 0 Å². The van der Waals surface area contributed by atoms with Gasteiger partial charge < -0.3 is 5.32 Å². The summed E-state index contributed by atoms with van der Waals surface area (Å²) in [6.45, 7) is 0.772. The minimum atomic E-state index is 0.105. The molecular formula is C14H20ClNO. The van der Waals surface area contributed by atoms with Crippen molar-refractivity contribution in [3.8, 4) is 0 Å². The predicted octanol–water partition coefficient (Wildman–Crippen LogP) is 3.14. The van der Waals surface area contributed by atoms with Gasteiger partial charge in [0.15, 0.2) is 0 Å². The van der Waals surface area contributed by atoms with Crippen molar-refractivity contribution in [3.05, 3.63) is 35.9 Å². The van der Waals surface area contributed by atoms with Gasteiger partial charge in [-0.2, -0.15) is 0 Å². The van der Waals surface area contributed by atoms with Crippen LogP contribution in [0.15, 0.2) is 30.3 Å². The summed E-state index contributed by atoms with van der Waals surface area (Å²) in [6.07, 6.45) is 4.87. The van der Waals surface area contributed by atoms with Gasteiger partial charge in [0.2, 0.25) is 5.91 Å². The average molecular weight is 254 g/mol. The monoisotopic (exact) mass is 253 g/mol. The van der Waals surface area contributed by atoms with Crippen LogP contribution in [0.3, 0.4) is 0 Å². The van der Waals surface area contributed by atoms with Crippen LogP contribution in [0.1, 0.15) is 31.2 Å². The summed E-state index contributed by atoms with van der Waals surface area (Å²) >= 11 is 5.59. The highest BCUT2D eigenvalue weighted by molar-refractivity contribution is 6.17. The Morgan fingerprint density at radius 2 is 1.76 bits per heavy atom. The van der Waals surface area contributed by atoms with Crippen LogP contribution in [0.4, 0.5) is 0 Å². The Kier molecular flexibility index (Phi) is 7.48. The summed E-state index contributed by atoms with van der Waals surface area (Å²) in [4.78, 5) is 11.6. The summed E-state index contributed by atoms with van der Waals surface area (Å²) in [7, 11) is 0. The molecule has 1 rings (SSSR count). The maximum absolute atomic E-state index is 11.6. The van der Waals surface area contributed by atoms with E-state index >= 15 is 0 Å². The molecule has 0 radical (unpaired) electrons. The lowest BCUT2D eigenvalue weighted by Crippen LogP contribution is -2.26. The van der Waals surface area contributed by atoms with Crippen molar-refractivity contribution < 1.29 is 4.79 Å². The molecule has 1 aromatic rings. The van der Waals surface area contributed by atoms with Gasteiger partial charge >= 0.3 is 0 Å². The van der Waals surface area contributed by atoms with E-state index in [1.54, 1.807) is 0 Å². The van der Waals surface area contributed by atoms with E-state index in [0.717, 1.165) is 43.7 Å². The molecule has 0 bridgehead atoms. The van der Waals surface area contributed by atoms with Gasteiger partial charge in [0, 0.05) is 12.4 Å². The van der Waals surface area contributed by atoms with Crippen LogP contribution >= 0.6 is 11.6 Å². The van der Waals surface area contributed by atoms with Crippen molar-refractivity contribution in [2.24, 2.45) is 0 Å². The number of benzene rings is 1. The zero-order chi connectivity index (χ0) is 12.3. The van der Waals surface area contributed by atoms with E-state index in [9.17, 15) is 4.79 Å². The molecule has 0 aliphatic carbocycles. The topological polar surface area (TPSA) is 29.1 Å². The first-order valence-corrected chi connectivity index (χ1v) is 6.73. The second-order valence-corrected chi connectivity index (χ2v) is 4.49. The molecule has 0 aliphatic heterocycles. The molecule has 17 heavy (non-hydrogen) atoms. The highest BCUT2D eigenvalue weighted by Crippen LogP contribution is 2.01. The lowest BCUT2D eigenvalue weighted by atomic mass is 10.1. The molecule has 0 saturated heterocycles. The third-order valence-corrected chi connectivity index (χ3v) is 2.86. The maximum atomic E-state index is 11.6. The molecule has 0 aliphatic rings. The minimum absolute atomic E-state index is 0.105. The van der Waals surface area contributed by atoms with Crippen LogP contribution in [0, 0.1) is 0 Å². The Hall–Kier alpha value is -1.02. The molecule has 2 nitrogen and oxygen atoms in total. The third kappa shape index (κ3) is 7.01. The molecular weight excluding hydrogens is 234 g/mol. The molecule has 94 valence electrons. The molecule has 3 heteroatoms. The second kappa shape index (κ2) is 9.06. The van der Waals surface area contributed by atoms with Crippen molar-refractivity contribution in [3.63, 3.8) is 0 Å². The van der Waals surface area contributed by atoms with E-state index in [-0.39, 0.29) is 5.91 Å². The van der Waals surface area contributed by atoms with Gasteiger partial charge in [0.25, 0.3) is 0 Å². The smallest absolute Gasteiger partial charge is 0.224 e. The van der Waals surface area contributed by atoms with Crippen molar-refractivity contribution in [1.82, 2.24) is 5.32 Å². The molecule has 0 saturated carbocycles. The van der Waals surface area contributed by atoms with Crippen LogP contribution in [-0.4, -0.2) is 18.3 Å². The molecule has 0 atom stereocenters. The fraction of sp³-hybridized carbons (Fsp3) is 0.500. The number of carbonyl (C=O) groups excluding carboxylic acids is 1. The van der Waals surface area contributed by atoms with Crippen molar-refractivity contribution in [2.45, 2.75) is 32.1 Å². The lowest BCUT2D eigenvalue weighted by molar-refractivity contribution is -0.120. The van der Waals surface area contributed by atoms with Crippen LogP contribution in [0.5, 0.6) is 0 Å². The highest BCUT2D eigenvalue weighted by atomic mass is 35.5. The first-order chi connectivity index (χ1) is 8.33. The molecule has 0 fully saturated rings. The highest BCUT2D eigenvalue weighted by Gasteiger charge is 2.01. The number of carbonyl (C=O) groups is 1. The van der Waals surface area contributed by atoms with Crippen molar-refractivity contribution >= 4 is 17.5 Å². The number of nitrogens with one attached hydrogen (secondary N) is 1. The molecule has 0 heterocycles. The Morgan fingerprint density at radius 1 is 1.06 bits per heavy atom.